The van der Waals surface area contributed by atoms with Gasteiger partial charge in [-0.15, -0.1) is 0 Å². The summed E-state index contributed by atoms with van der Waals surface area (Å²) in [6.45, 7) is 6.36. The second-order valence-electron chi connectivity index (χ2n) is 14.2. The van der Waals surface area contributed by atoms with Gasteiger partial charge in [0, 0.05) is 19.3 Å². The van der Waals surface area contributed by atoms with Crippen molar-refractivity contribution in [1.82, 2.24) is 0 Å². The normalized spacial score (nSPS) is 12.7. The number of hydrogen-bond donors (Lipinski definition) is 0. The molecule has 0 heterocycles. The van der Waals surface area contributed by atoms with Gasteiger partial charge < -0.3 is 14.2 Å². The van der Waals surface area contributed by atoms with Gasteiger partial charge in [-0.05, 0) is 83.5 Å². The van der Waals surface area contributed by atoms with Crippen molar-refractivity contribution in [2.45, 2.75) is 200 Å². The van der Waals surface area contributed by atoms with E-state index in [1.807, 2.05) is 0 Å². The smallest absolute Gasteiger partial charge is 0.306 e. The lowest BCUT2D eigenvalue weighted by molar-refractivity contribution is -0.167. The van der Waals surface area contributed by atoms with E-state index in [1.165, 1.54) is 57.8 Å². The molecule has 308 valence electrons. The van der Waals surface area contributed by atoms with Crippen LogP contribution in [-0.4, -0.2) is 37.2 Å². The van der Waals surface area contributed by atoms with Gasteiger partial charge in [0.05, 0.1) is 0 Å². The summed E-state index contributed by atoms with van der Waals surface area (Å²) in [4.78, 5) is 37.5. The Morgan fingerprint density at radius 3 is 1.24 bits per heavy atom. The van der Waals surface area contributed by atoms with Crippen molar-refractivity contribution in [1.29, 1.82) is 0 Å². The maximum absolute atomic E-state index is 12.7. The van der Waals surface area contributed by atoms with Crippen LogP contribution in [0.3, 0.4) is 0 Å². The van der Waals surface area contributed by atoms with Crippen LogP contribution in [0.5, 0.6) is 0 Å². The Kier molecular flexibility index (Phi) is 40.1. The first-order valence-electron chi connectivity index (χ1n) is 21.9. The molecule has 0 aliphatic rings. The molecule has 0 radical (unpaired) electrons. The lowest BCUT2D eigenvalue weighted by atomic mass is 10.1. The van der Waals surface area contributed by atoms with Crippen molar-refractivity contribution in [3.8, 4) is 0 Å². The van der Waals surface area contributed by atoms with Crippen LogP contribution in [0.15, 0.2) is 72.9 Å². The Balaban J connectivity index is 4.40. The highest BCUT2D eigenvalue weighted by Gasteiger charge is 2.19. The van der Waals surface area contributed by atoms with Gasteiger partial charge in [0.1, 0.15) is 13.2 Å². The highest BCUT2D eigenvalue weighted by atomic mass is 16.6. The van der Waals surface area contributed by atoms with Crippen LogP contribution < -0.4 is 0 Å². The van der Waals surface area contributed by atoms with E-state index in [9.17, 15) is 14.4 Å². The van der Waals surface area contributed by atoms with Crippen molar-refractivity contribution in [3.63, 3.8) is 0 Å². The van der Waals surface area contributed by atoms with Crippen LogP contribution >= 0.6 is 0 Å². The maximum Gasteiger partial charge on any atom is 0.306 e. The summed E-state index contributed by atoms with van der Waals surface area (Å²) < 4.78 is 16.5. The SMILES string of the molecule is CC/C=C\C/C=C\C/C=C\C/C=C\C/C=C\CCCC(=O)OCC(COC(=O)CCCCCCCC)OC(=O)CCCCCCC/C=C\CCCCCC. The predicted octanol–water partition coefficient (Wildman–Crippen LogP) is 13.9. The zero-order valence-corrected chi connectivity index (χ0v) is 35.0. The monoisotopic (exact) mass is 753 g/mol. The van der Waals surface area contributed by atoms with E-state index in [0.29, 0.717) is 19.3 Å². The molecule has 0 saturated carbocycles. The van der Waals surface area contributed by atoms with E-state index >= 15 is 0 Å². The molecule has 0 aromatic rings. The Bertz CT molecular complexity index is 1050. The Hall–Kier alpha value is -3.15. The number of unbranched alkanes of at least 4 members (excludes halogenated alkanes) is 15. The van der Waals surface area contributed by atoms with Crippen LogP contribution in [0.25, 0.3) is 0 Å². The third kappa shape index (κ3) is 40.0. The second-order valence-corrected chi connectivity index (χ2v) is 14.2. The summed E-state index contributed by atoms with van der Waals surface area (Å²) in [5.74, 6) is -0.984. The van der Waals surface area contributed by atoms with Crippen LogP contribution in [0.4, 0.5) is 0 Å². The minimum Gasteiger partial charge on any atom is -0.462 e. The average molecular weight is 753 g/mol. The summed E-state index contributed by atoms with van der Waals surface area (Å²) in [5.41, 5.74) is 0. The summed E-state index contributed by atoms with van der Waals surface area (Å²) in [6.07, 6.45) is 51.9. The summed E-state index contributed by atoms with van der Waals surface area (Å²) in [7, 11) is 0. The molecule has 0 bridgehead atoms. The van der Waals surface area contributed by atoms with Gasteiger partial charge in [-0.2, -0.15) is 0 Å². The highest BCUT2D eigenvalue weighted by molar-refractivity contribution is 5.71. The predicted molar refractivity (Wildman–Crippen MR) is 228 cm³/mol. The third-order valence-corrected chi connectivity index (χ3v) is 8.95. The van der Waals surface area contributed by atoms with E-state index in [4.69, 9.17) is 14.2 Å². The van der Waals surface area contributed by atoms with Gasteiger partial charge in [0.2, 0.25) is 0 Å². The molecule has 0 aromatic carbocycles. The molecule has 6 heteroatoms. The first-order chi connectivity index (χ1) is 26.5. The number of carbonyl (C=O) groups excluding carboxylic acids is 3. The van der Waals surface area contributed by atoms with E-state index in [0.717, 1.165) is 89.9 Å². The van der Waals surface area contributed by atoms with Crippen molar-refractivity contribution < 1.29 is 28.6 Å². The van der Waals surface area contributed by atoms with Crippen molar-refractivity contribution in [3.05, 3.63) is 72.9 Å². The van der Waals surface area contributed by atoms with Gasteiger partial charge in [0.25, 0.3) is 0 Å². The molecule has 1 atom stereocenters. The molecule has 0 aliphatic heterocycles. The summed E-state index contributed by atoms with van der Waals surface area (Å²) in [6, 6.07) is 0. The van der Waals surface area contributed by atoms with E-state index in [2.05, 4.69) is 93.7 Å². The maximum atomic E-state index is 12.7. The standard InChI is InChI=1S/C48H80O6/c1-4-7-10-13-16-18-20-22-23-24-25-27-28-30-32-35-38-41-47(50)53-44-45(43-52-46(49)40-37-34-15-12-9-6-3)54-48(51)42-39-36-33-31-29-26-21-19-17-14-11-8-5-2/h7,10,16,18-19,21-23,25,27,30,32,45H,4-6,8-9,11-15,17,20,24,26,28-29,31,33-44H2,1-3H3/b10-7-,18-16-,21-19-,23-22-,27-25-,32-30-. The number of carbonyl (C=O) groups is 3. The number of hydrogen-bond acceptors (Lipinski definition) is 6. The molecular formula is C48H80O6. The Labute approximate surface area is 332 Å². The van der Waals surface area contributed by atoms with Crippen molar-refractivity contribution >= 4 is 17.9 Å². The fourth-order valence-corrected chi connectivity index (χ4v) is 5.65. The number of esters is 3. The molecule has 0 aliphatic carbocycles. The first-order valence-corrected chi connectivity index (χ1v) is 21.9. The lowest BCUT2D eigenvalue weighted by Crippen LogP contribution is -2.30. The molecule has 0 rings (SSSR count). The van der Waals surface area contributed by atoms with E-state index < -0.39 is 6.10 Å². The van der Waals surface area contributed by atoms with E-state index in [-0.39, 0.29) is 37.5 Å². The van der Waals surface area contributed by atoms with Gasteiger partial charge in [-0.3, -0.25) is 14.4 Å². The summed E-state index contributed by atoms with van der Waals surface area (Å²) >= 11 is 0. The van der Waals surface area contributed by atoms with Crippen molar-refractivity contribution in [2.75, 3.05) is 13.2 Å². The van der Waals surface area contributed by atoms with Crippen molar-refractivity contribution in [2.24, 2.45) is 0 Å². The molecule has 0 aromatic heterocycles. The van der Waals surface area contributed by atoms with Gasteiger partial charge in [-0.1, -0.05) is 164 Å². The lowest BCUT2D eigenvalue weighted by Gasteiger charge is -2.18. The topological polar surface area (TPSA) is 78.9 Å². The second kappa shape index (κ2) is 42.6. The van der Waals surface area contributed by atoms with Crippen LogP contribution in [0.1, 0.15) is 194 Å². The quantitative estimate of drug-likeness (QED) is 0.0270. The van der Waals surface area contributed by atoms with E-state index in [1.54, 1.807) is 0 Å². The molecule has 0 fully saturated rings. The molecule has 0 N–H and O–H groups in total. The zero-order chi connectivity index (χ0) is 39.4. The first kappa shape index (κ1) is 50.9. The number of allylic oxidation sites excluding steroid dienone is 12. The molecule has 0 spiro atoms. The minimum absolute atomic E-state index is 0.0974. The fourth-order valence-electron chi connectivity index (χ4n) is 5.65. The van der Waals surface area contributed by atoms with Gasteiger partial charge in [0.15, 0.2) is 6.10 Å². The fraction of sp³-hybridized carbons (Fsp3) is 0.688. The molecule has 1 unspecified atom stereocenters. The number of rotatable bonds is 38. The molecule has 6 nitrogen and oxygen atoms in total. The highest BCUT2D eigenvalue weighted by Crippen LogP contribution is 2.12. The molecule has 0 amide bonds. The van der Waals surface area contributed by atoms with Crippen LogP contribution in [0, 0.1) is 0 Å². The largest absolute Gasteiger partial charge is 0.462 e. The Morgan fingerprint density at radius 2 is 0.741 bits per heavy atom. The molecule has 54 heavy (non-hydrogen) atoms. The number of ether oxygens (including phenoxy) is 3. The van der Waals surface area contributed by atoms with Crippen LogP contribution in [0.2, 0.25) is 0 Å². The van der Waals surface area contributed by atoms with Gasteiger partial charge >= 0.3 is 17.9 Å². The minimum atomic E-state index is -0.797. The summed E-state index contributed by atoms with van der Waals surface area (Å²) in [5, 5.41) is 0. The average Bonchev–Trinajstić information content (AvgIpc) is 3.17. The Morgan fingerprint density at radius 1 is 0.389 bits per heavy atom. The van der Waals surface area contributed by atoms with Crippen LogP contribution in [-0.2, 0) is 28.6 Å². The zero-order valence-electron chi connectivity index (χ0n) is 35.0. The molecular weight excluding hydrogens is 673 g/mol. The van der Waals surface area contributed by atoms with Gasteiger partial charge in [-0.25, -0.2) is 0 Å². The third-order valence-electron chi connectivity index (χ3n) is 8.95. The molecule has 0 saturated heterocycles.